The average molecular weight is 474 g/mol. The lowest BCUT2D eigenvalue weighted by Gasteiger charge is -2.15. The fraction of sp³-hybridized carbons (Fsp3) is 0.348. The molecule has 1 saturated heterocycles. The van der Waals surface area contributed by atoms with Gasteiger partial charge in [-0.15, -0.1) is 10.2 Å². The zero-order chi connectivity index (χ0) is 22.5. The Morgan fingerprint density at radius 3 is 2.69 bits per heavy atom. The average Bonchev–Trinajstić information content (AvgIpc) is 3.48. The first kappa shape index (κ1) is 22.6. The predicted molar refractivity (Wildman–Crippen MR) is 124 cm³/mol. The Hall–Kier alpha value is -2.55. The molecule has 2 aromatic carbocycles. The van der Waals surface area contributed by atoms with E-state index in [2.05, 4.69) is 10.2 Å². The lowest BCUT2D eigenvalue weighted by Crippen LogP contribution is -2.17. The van der Waals surface area contributed by atoms with E-state index in [-0.39, 0.29) is 17.6 Å². The van der Waals surface area contributed by atoms with Crippen LogP contribution in [0.2, 0.25) is 5.02 Å². The molecule has 0 saturated carbocycles. The molecule has 32 heavy (non-hydrogen) atoms. The van der Waals surface area contributed by atoms with Crippen LogP contribution in [-0.4, -0.2) is 53.2 Å². The molecule has 3 aromatic rings. The first-order chi connectivity index (χ1) is 15.6. The van der Waals surface area contributed by atoms with Crippen molar-refractivity contribution in [1.29, 1.82) is 0 Å². The van der Waals surface area contributed by atoms with Crippen molar-refractivity contribution < 1.29 is 19.0 Å². The van der Waals surface area contributed by atoms with Gasteiger partial charge >= 0.3 is 0 Å². The highest BCUT2D eigenvalue weighted by Crippen LogP contribution is 2.30. The largest absolute Gasteiger partial charge is 0.497 e. The second kappa shape index (κ2) is 10.4. The van der Waals surface area contributed by atoms with Gasteiger partial charge in [-0.05, 0) is 55.3 Å². The normalized spacial score (nSPS) is 15.7. The summed E-state index contributed by atoms with van der Waals surface area (Å²) in [6, 6.07) is 12.7. The maximum Gasteiger partial charge on any atom is 0.192 e. The molecule has 0 amide bonds. The summed E-state index contributed by atoms with van der Waals surface area (Å²) in [7, 11) is 3.11. The molecule has 9 heteroatoms. The topological polar surface area (TPSA) is 75.5 Å². The zero-order valence-electron chi connectivity index (χ0n) is 17.9. The minimum Gasteiger partial charge on any atom is -0.497 e. The summed E-state index contributed by atoms with van der Waals surface area (Å²) in [5.41, 5.74) is 1.38. The molecule has 1 aliphatic rings. The van der Waals surface area contributed by atoms with Gasteiger partial charge in [-0.2, -0.15) is 0 Å². The van der Waals surface area contributed by atoms with Crippen LogP contribution in [0.3, 0.4) is 0 Å². The number of hydrogen-bond donors (Lipinski definition) is 0. The highest BCUT2D eigenvalue weighted by atomic mass is 35.5. The molecule has 0 unspecified atom stereocenters. The molecule has 0 N–H and O–H groups in total. The number of rotatable bonds is 9. The molecular formula is C23H24ClN3O4S. The minimum atomic E-state index is -0.0783. The monoisotopic (exact) mass is 473 g/mol. The molecule has 0 spiro atoms. The number of hydrogen-bond acceptors (Lipinski definition) is 7. The van der Waals surface area contributed by atoms with Crippen LogP contribution in [0.1, 0.15) is 23.2 Å². The molecule has 1 atom stereocenters. The number of nitrogens with zero attached hydrogens (tertiary/aromatic N) is 3. The van der Waals surface area contributed by atoms with E-state index in [1.807, 2.05) is 28.8 Å². The second-order valence-corrected chi connectivity index (χ2v) is 8.72. The number of thioether (sulfide) groups is 1. The number of aromatic nitrogens is 3. The SMILES string of the molecule is COc1ccc(OC)c(C(=O)CSc2nnc(-c3ccc(Cl)cc3)n2C[C@H]2CCCO2)c1. The Morgan fingerprint density at radius 1 is 1.19 bits per heavy atom. The Kier molecular flexibility index (Phi) is 7.34. The van der Waals surface area contributed by atoms with Crippen molar-refractivity contribution in [3.63, 3.8) is 0 Å². The highest BCUT2D eigenvalue weighted by molar-refractivity contribution is 7.99. The fourth-order valence-corrected chi connectivity index (χ4v) is 4.56. The van der Waals surface area contributed by atoms with Crippen LogP contribution >= 0.6 is 23.4 Å². The van der Waals surface area contributed by atoms with Crippen LogP contribution in [0, 0.1) is 0 Å². The van der Waals surface area contributed by atoms with Crippen LogP contribution < -0.4 is 9.47 Å². The van der Waals surface area contributed by atoms with Gasteiger partial charge in [-0.3, -0.25) is 9.36 Å². The highest BCUT2D eigenvalue weighted by Gasteiger charge is 2.23. The summed E-state index contributed by atoms with van der Waals surface area (Å²) in [6.07, 6.45) is 2.13. The number of halogens is 1. The molecule has 1 aromatic heterocycles. The van der Waals surface area contributed by atoms with Crippen LogP contribution in [0.5, 0.6) is 11.5 Å². The van der Waals surface area contributed by atoms with E-state index in [1.54, 1.807) is 32.4 Å². The second-order valence-electron chi connectivity index (χ2n) is 7.34. The van der Waals surface area contributed by atoms with E-state index in [0.717, 1.165) is 30.8 Å². The summed E-state index contributed by atoms with van der Waals surface area (Å²) >= 11 is 7.39. The molecule has 0 radical (unpaired) electrons. The van der Waals surface area contributed by atoms with E-state index in [0.29, 0.717) is 33.8 Å². The molecule has 1 aliphatic heterocycles. The number of methoxy groups -OCH3 is 2. The molecule has 0 bridgehead atoms. The number of Topliss-reactive ketones (excluding diaryl/α,β-unsaturated/α-hetero) is 1. The van der Waals surface area contributed by atoms with Crippen molar-refractivity contribution in [1.82, 2.24) is 14.8 Å². The summed E-state index contributed by atoms with van der Waals surface area (Å²) < 4.78 is 18.5. The zero-order valence-corrected chi connectivity index (χ0v) is 19.5. The summed E-state index contributed by atoms with van der Waals surface area (Å²) in [5.74, 6) is 1.95. The van der Waals surface area contributed by atoms with E-state index >= 15 is 0 Å². The van der Waals surface area contributed by atoms with Crippen LogP contribution in [0.15, 0.2) is 47.6 Å². The lowest BCUT2D eigenvalue weighted by atomic mass is 10.1. The van der Waals surface area contributed by atoms with Gasteiger partial charge in [0.15, 0.2) is 16.8 Å². The van der Waals surface area contributed by atoms with Gasteiger partial charge in [0, 0.05) is 17.2 Å². The first-order valence-electron chi connectivity index (χ1n) is 10.3. The molecule has 168 valence electrons. The molecule has 0 aliphatic carbocycles. The predicted octanol–water partition coefficient (Wildman–Crippen LogP) is 4.77. The van der Waals surface area contributed by atoms with Crippen molar-refractivity contribution in [3.05, 3.63) is 53.1 Å². The quantitative estimate of drug-likeness (QED) is 0.327. The molecule has 2 heterocycles. The first-order valence-corrected chi connectivity index (χ1v) is 11.6. The van der Waals surface area contributed by atoms with Gasteiger partial charge in [0.2, 0.25) is 0 Å². The molecular weight excluding hydrogens is 450 g/mol. The van der Waals surface area contributed by atoms with Crippen LogP contribution in [0.25, 0.3) is 11.4 Å². The Labute approximate surface area is 196 Å². The van der Waals surface area contributed by atoms with E-state index in [1.165, 1.54) is 11.8 Å². The molecule has 7 nitrogen and oxygen atoms in total. The number of carbonyl (C=O) groups excluding carboxylic acids is 1. The Bertz CT molecular complexity index is 1080. The van der Waals surface area contributed by atoms with Gasteiger partial charge in [-0.25, -0.2) is 0 Å². The molecule has 1 fully saturated rings. The van der Waals surface area contributed by atoms with E-state index < -0.39 is 0 Å². The standard InChI is InChI=1S/C23H24ClN3O4S/c1-29-17-9-10-21(30-2)19(12-17)20(28)14-32-23-26-25-22(15-5-7-16(24)8-6-15)27(23)13-18-4-3-11-31-18/h5-10,12,18H,3-4,11,13-14H2,1-2H3/t18-/m1/s1. The minimum absolute atomic E-state index is 0.0783. The van der Waals surface area contributed by atoms with Gasteiger partial charge in [0.25, 0.3) is 0 Å². The maximum absolute atomic E-state index is 13.0. The Morgan fingerprint density at radius 2 is 2.00 bits per heavy atom. The third-order valence-electron chi connectivity index (χ3n) is 5.27. The third-order valence-corrected chi connectivity index (χ3v) is 6.49. The van der Waals surface area contributed by atoms with Gasteiger partial charge in [-0.1, -0.05) is 23.4 Å². The number of benzene rings is 2. The van der Waals surface area contributed by atoms with Crippen molar-refractivity contribution in [3.8, 4) is 22.9 Å². The van der Waals surface area contributed by atoms with Crippen LogP contribution in [-0.2, 0) is 11.3 Å². The van der Waals surface area contributed by atoms with Crippen molar-refractivity contribution in [2.24, 2.45) is 0 Å². The fourth-order valence-electron chi connectivity index (χ4n) is 3.60. The smallest absolute Gasteiger partial charge is 0.192 e. The number of ether oxygens (including phenoxy) is 3. The Balaban J connectivity index is 1.58. The summed E-state index contributed by atoms with van der Waals surface area (Å²) in [4.78, 5) is 13.0. The molecule has 4 rings (SSSR count). The summed E-state index contributed by atoms with van der Waals surface area (Å²) in [5, 5.41) is 10.1. The van der Waals surface area contributed by atoms with Gasteiger partial charge < -0.3 is 14.2 Å². The number of carbonyl (C=O) groups is 1. The van der Waals surface area contributed by atoms with Gasteiger partial charge in [0.1, 0.15) is 11.5 Å². The van der Waals surface area contributed by atoms with Crippen molar-refractivity contribution >= 4 is 29.1 Å². The van der Waals surface area contributed by atoms with Crippen LogP contribution in [0.4, 0.5) is 0 Å². The number of ketones is 1. The van der Waals surface area contributed by atoms with E-state index in [9.17, 15) is 4.79 Å². The van der Waals surface area contributed by atoms with Crippen molar-refractivity contribution in [2.45, 2.75) is 30.6 Å². The van der Waals surface area contributed by atoms with Crippen molar-refractivity contribution in [2.75, 3.05) is 26.6 Å². The third kappa shape index (κ3) is 5.09. The lowest BCUT2D eigenvalue weighted by molar-refractivity contribution is 0.0953. The van der Waals surface area contributed by atoms with Gasteiger partial charge in [0.05, 0.1) is 38.2 Å². The summed E-state index contributed by atoms with van der Waals surface area (Å²) in [6.45, 7) is 1.39. The maximum atomic E-state index is 13.0. The van der Waals surface area contributed by atoms with E-state index in [4.69, 9.17) is 25.8 Å².